The van der Waals surface area contributed by atoms with Gasteiger partial charge in [0.2, 0.25) is 11.8 Å². The molecule has 1 unspecified atom stereocenters. The van der Waals surface area contributed by atoms with E-state index in [-0.39, 0.29) is 17.6 Å². The van der Waals surface area contributed by atoms with E-state index in [1.165, 1.54) is 11.8 Å². The molecule has 0 spiro atoms. The van der Waals surface area contributed by atoms with Gasteiger partial charge in [-0.05, 0) is 42.2 Å². The Bertz CT molecular complexity index is 1170. The van der Waals surface area contributed by atoms with E-state index in [1.54, 1.807) is 17.0 Å². The average Bonchev–Trinajstić information content (AvgIpc) is 2.88. The zero-order valence-electron chi connectivity index (χ0n) is 21.4. The maximum absolute atomic E-state index is 13.7. The Labute approximate surface area is 234 Å². The highest BCUT2D eigenvalue weighted by Gasteiger charge is 2.30. The van der Waals surface area contributed by atoms with Crippen molar-refractivity contribution in [2.75, 3.05) is 12.3 Å². The number of hydrogen-bond donors (Lipinski definition) is 1. The molecule has 2 amide bonds. The van der Waals surface area contributed by atoms with Crippen LogP contribution in [0.3, 0.4) is 0 Å². The highest BCUT2D eigenvalue weighted by atomic mass is 35.5. The third-order valence-corrected chi connectivity index (χ3v) is 7.59. The Hall–Kier alpha value is -2.47. The summed E-state index contributed by atoms with van der Waals surface area (Å²) in [6, 6.07) is 22.7. The van der Waals surface area contributed by atoms with Gasteiger partial charge in [-0.1, -0.05) is 103 Å². The number of carbonyl (C=O) groups excluding carboxylic acids is 2. The second kappa shape index (κ2) is 15.1. The molecule has 4 nitrogen and oxygen atoms in total. The number of halogens is 2. The molecule has 0 saturated heterocycles. The molecular weight excluding hydrogens is 523 g/mol. The standard InChI is InChI=1S/C30H34Cl2N2O2S/c1-3-4-15-33-30(36)28(17-23-10-6-5-7-11-23)34(19-24-12-8-9-22(2)16-24)29(35)21-37-20-25-13-14-26(31)18-27(25)32/h5-14,16,18,28H,3-4,15,17,19-21H2,1-2H3,(H,33,36). The molecule has 0 aliphatic rings. The summed E-state index contributed by atoms with van der Waals surface area (Å²) < 4.78 is 0. The molecular formula is C30H34Cl2N2O2S. The number of nitrogens with one attached hydrogen (secondary N) is 1. The van der Waals surface area contributed by atoms with Crippen molar-refractivity contribution >= 4 is 46.8 Å². The zero-order chi connectivity index (χ0) is 26.6. The van der Waals surface area contributed by atoms with E-state index in [0.29, 0.717) is 35.3 Å². The summed E-state index contributed by atoms with van der Waals surface area (Å²) in [5.41, 5.74) is 4.05. The van der Waals surface area contributed by atoms with Crippen LogP contribution in [0.5, 0.6) is 0 Å². The quantitative estimate of drug-likeness (QED) is 0.228. The molecule has 3 aromatic carbocycles. The number of rotatable bonds is 13. The first kappa shape index (κ1) is 29.1. The average molecular weight is 558 g/mol. The predicted octanol–water partition coefficient (Wildman–Crippen LogP) is 7.09. The number of aryl methyl sites for hydroxylation is 1. The first-order chi connectivity index (χ1) is 17.9. The van der Waals surface area contributed by atoms with Crippen molar-refractivity contribution in [3.63, 3.8) is 0 Å². The normalized spacial score (nSPS) is 11.7. The van der Waals surface area contributed by atoms with Crippen LogP contribution in [0.1, 0.15) is 42.0 Å². The summed E-state index contributed by atoms with van der Waals surface area (Å²) in [5, 5.41) is 4.23. The largest absolute Gasteiger partial charge is 0.354 e. The number of nitrogens with zero attached hydrogens (tertiary/aromatic N) is 1. The second-order valence-electron chi connectivity index (χ2n) is 9.09. The lowest BCUT2D eigenvalue weighted by Crippen LogP contribution is -2.51. The van der Waals surface area contributed by atoms with Crippen molar-refractivity contribution in [1.29, 1.82) is 0 Å². The van der Waals surface area contributed by atoms with Gasteiger partial charge in [0.15, 0.2) is 0 Å². The number of amides is 2. The van der Waals surface area contributed by atoms with Crippen molar-refractivity contribution in [2.45, 2.75) is 51.4 Å². The molecule has 0 aliphatic carbocycles. The van der Waals surface area contributed by atoms with Gasteiger partial charge < -0.3 is 10.2 Å². The van der Waals surface area contributed by atoms with E-state index in [2.05, 4.69) is 18.3 Å². The number of hydrogen-bond acceptors (Lipinski definition) is 3. The smallest absolute Gasteiger partial charge is 0.243 e. The maximum atomic E-state index is 13.7. The van der Waals surface area contributed by atoms with Crippen LogP contribution in [0.15, 0.2) is 72.8 Å². The van der Waals surface area contributed by atoms with Crippen LogP contribution >= 0.6 is 35.0 Å². The van der Waals surface area contributed by atoms with Crippen molar-refractivity contribution in [3.8, 4) is 0 Å². The molecule has 0 saturated carbocycles. The van der Waals surface area contributed by atoms with Gasteiger partial charge in [0, 0.05) is 35.3 Å². The molecule has 0 heterocycles. The van der Waals surface area contributed by atoms with Gasteiger partial charge in [-0.3, -0.25) is 9.59 Å². The molecule has 1 N–H and O–H groups in total. The van der Waals surface area contributed by atoms with Crippen LogP contribution in [0, 0.1) is 6.92 Å². The van der Waals surface area contributed by atoms with Crippen LogP contribution < -0.4 is 5.32 Å². The summed E-state index contributed by atoms with van der Waals surface area (Å²) >= 11 is 13.8. The summed E-state index contributed by atoms with van der Waals surface area (Å²) in [7, 11) is 0. The number of unbranched alkanes of at least 4 members (excludes halogenated alkanes) is 1. The number of thioether (sulfide) groups is 1. The van der Waals surface area contributed by atoms with Crippen molar-refractivity contribution in [2.24, 2.45) is 0 Å². The second-order valence-corrected chi connectivity index (χ2v) is 10.9. The fourth-order valence-electron chi connectivity index (χ4n) is 4.04. The van der Waals surface area contributed by atoms with E-state index in [0.717, 1.165) is 35.1 Å². The van der Waals surface area contributed by atoms with E-state index >= 15 is 0 Å². The van der Waals surface area contributed by atoms with E-state index < -0.39 is 6.04 Å². The Kier molecular flexibility index (Phi) is 11.8. The maximum Gasteiger partial charge on any atom is 0.243 e. The lowest BCUT2D eigenvalue weighted by atomic mass is 10.0. The molecule has 0 fully saturated rings. The van der Waals surface area contributed by atoms with Gasteiger partial charge in [0.1, 0.15) is 6.04 Å². The Morgan fingerprint density at radius 3 is 2.43 bits per heavy atom. The lowest BCUT2D eigenvalue weighted by molar-refractivity contribution is -0.139. The van der Waals surface area contributed by atoms with Crippen molar-refractivity contribution < 1.29 is 9.59 Å². The first-order valence-corrected chi connectivity index (χ1v) is 14.5. The summed E-state index contributed by atoms with van der Waals surface area (Å²) in [4.78, 5) is 28.9. The molecule has 0 bridgehead atoms. The predicted molar refractivity (Wildman–Crippen MR) is 156 cm³/mol. The van der Waals surface area contributed by atoms with E-state index in [1.807, 2.05) is 61.5 Å². The van der Waals surface area contributed by atoms with Gasteiger partial charge in [-0.15, -0.1) is 11.8 Å². The minimum absolute atomic E-state index is 0.0804. The molecule has 3 rings (SSSR count). The SMILES string of the molecule is CCCCNC(=O)C(Cc1ccccc1)N(Cc1cccc(C)c1)C(=O)CSCc1ccc(Cl)cc1Cl. The molecule has 37 heavy (non-hydrogen) atoms. The monoisotopic (exact) mass is 556 g/mol. The third-order valence-electron chi connectivity index (χ3n) is 6.03. The lowest BCUT2D eigenvalue weighted by Gasteiger charge is -2.31. The van der Waals surface area contributed by atoms with Gasteiger partial charge in [0.25, 0.3) is 0 Å². The number of carbonyl (C=O) groups is 2. The Balaban J connectivity index is 1.83. The van der Waals surface area contributed by atoms with Crippen LogP contribution in [0.2, 0.25) is 10.0 Å². The molecule has 3 aromatic rings. The molecule has 196 valence electrons. The molecule has 0 aromatic heterocycles. The van der Waals surface area contributed by atoms with Crippen molar-refractivity contribution in [3.05, 3.63) is 105 Å². The molecule has 0 aliphatic heterocycles. The molecule has 7 heteroatoms. The minimum atomic E-state index is -0.619. The van der Waals surface area contributed by atoms with Crippen LogP contribution in [0.4, 0.5) is 0 Å². The summed E-state index contributed by atoms with van der Waals surface area (Å²) in [6.45, 7) is 5.07. The minimum Gasteiger partial charge on any atom is -0.354 e. The Morgan fingerprint density at radius 2 is 1.73 bits per heavy atom. The fourth-order valence-corrected chi connectivity index (χ4v) is 5.51. The van der Waals surface area contributed by atoms with Gasteiger partial charge in [0.05, 0.1) is 5.75 Å². The number of benzene rings is 3. The summed E-state index contributed by atoms with van der Waals surface area (Å²) in [5.74, 6) is 0.608. The third kappa shape index (κ3) is 9.41. The van der Waals surface area contributed by atoms with E-state index in [4.69, 9.17) is 23.2 Å². The van der Waals surface area contributed by atoms with Crippen molar-refractivity contribution in [1.82, 2.24) is 10.2 Å². The highest BCUT2D eigenvalue weighted by molar-refractivity contribution is 7.99. The summed E-state index contributed by atoms with van der Waals surface area (Å²) in [6.07, 6.45) is 2.33. The van der Waals surface area contributed by atoms with Crippen LogP contribution in [-0.2, 0) is 28.3 Å². The zero-order valence-corrected chi connectivity index (χ0v) is 23.7. The molecule has 0 radical (unpaired) electrons. The van der Waals surface area contributed by atoms with Gasteiger partial charge >= 0.3 is 0 Å². The molecule has 1 atom stereocenters. The van der Waals surface area contributed by atoms with E-state index in [9.17, 15) is 9.59 Å². The topological polar surface area (TPSA) is 49.4 Å². The Morgan fingerprint density at radius 1 is 0.973 bits per heavy atom. The highest BCUT2D eigenvalue weighted by Crippen LogP contribution is 2.25. The fraction of sp³-hybridized carbons (Fsp3) is 0.333. The first-order valence-electron chi connectivity index (χ1n) is 12.6. The van der Waals surface area contributed by atoms with Crippen LogP contribution in [-0.4, -0.2) is 35.1 Å². The van der Waals surface area contributed by atoms with Crippen LogP contribution in [0.25, 0.3) is 0 Å². The van der Waals surface area contributed by atoms with Gasteiger partial charge in [-0.25, -0.2) is 0 Å². The van der Waals surface area contributed by atoms with Gasteiger partial charge in [-0.2, -0.15) is 0 Å².